The number of carbonyl (C=O) groups excluding carboxylic acids is 2. The number of ether oxygens (including phenoxy) is 1. The highest BCUT2D eigenvalue weighted by Gasteiger charge is 2.55. The second kappa shape index (κ2) is 7.82. The zero-order valence-electron chi connectivity index (χ0n) is 17.6. The standard InChI is InChI=1S/C22H27BN4O3/c1-13(2)18(26-21(29)30-3)20(28)27-12-22(8-9-22)10-17(27)19-24-11-16(25-19)14-4-6-15(23)7-5-14/h4-7,11,13,17-18H,8-10,12H2,1-3H3,(H,24,25)(H,26,29)/t17-,18-/m0/s1. The van der Waals surface area contributed by atoms with Crippen LogP contribution in [0.1, 0.15) is 45.0 Å². The van der Waals surface area contributed by atoms with Crippen LogP contribution in [0, 0.1) is 11.3 Å². The van der Waals surface area contributed by atoms with Crippen molar-refractivity contribution in [2.24, 2.45) is 11.3 Å². The summed E-state index contributed by atoms with van der Waals surface area (Å²) in [5.41, 5.74) is 2.77. The Hall–Kier alpha value is -2.77. The summed E-state index contributed by atoms with van der Waals surface area (Å²) in [6, 6.07) is 6.82. The van der Waals surface area contributed by atoms with Gasteiger partial charge in [0.2, 0.25) is 5.91 Å². The van der Waals surface area contributed by atoms with E-state index in [2.05, 4.69) is 15.3 Å². The van der Waals surface area contributed by atoms with E-state index in [0.29, 0.717) is 12.0 Å². The van der Waals surface area contributed by atoms with E-state index in [4.69, 9.17) is 12.6 Å². The van der Waals surface area contributed by atoms with Gasteiger partial charge in [-0.1, -0.05) is 43.6 Å². The number of hydrogen-bond acceptors (Lipinski definition) is 4. The third kappa shape index (κ3) is 3.95. The van der Waals surface area contributed by atoms with Gasteiger partial charge < -0.3 is 19.9 Å². The molecule has 30 heavy (non-hydrogen) atoms. The van der Waals surface area contributed by atoms with Crippen LogP contribution in [0.3, 0.4) is 0 Å². The SMILES string of the molecule is [B]c1ccc(-c2cnc([C@@H]3CC4(CC4)CN3C(=O)[C@@H](NC(=O)OC)C(C)C)[nH]2)cc1. The van der Waals surface area contributed by atoms with Gasteiger partial charge in [-0.25, -0.2) is 9.78 Å². The van der Waals surface area contributed by atoms with Crippen molar-refractivity contribution in [1.29, 1.82) is 0 Å². The van der Waals surface area contributed by atoms with Crippen LogP contribution >= 0.6 is 0 Å². The van der Waals surface area contributed by atoms with Gasteiger partial charge in [0.05, 0.1) is 25.0 Å². The fraction of sp³-hybridized carbons (Fsp3) is 0.500. The van der Waals surface area contributed by atoms with Crippen molar-refractivity contribution in [3.63, 3.8) is 0 Å². The Kier molecular flexibility index (Phi) is 5.34. The number of aromatic nitrogens is 2. The number of likely N-dealkylation sites (tertiary alicyclic amines) is 1. The number of alkyl carbamates (subject to hydrolysis) is 1. The number of imidazole rings is 1. The van der Waals surface area contributed by atoms with Crippen molar-refractivity contribution in [2.75, 3.05) is 13.7 Å². The lowest BCUT2D eigenvalue weighted by Crippen LogP contribution is -2.51. The fourth-order valence-corrected chi connectivity index (χ4v) is 4.26. The summed E-state index contributed by atoms with van der Waals surface area (Å²) in [4.78, 5) is 35.1. The van der Waals surface area contributed by atoms with E-state index < -0.39 is 12.1 Å². The Bertz CT molecular complexity index is 936. The summed E-state index contributed by atoms with van der Waals surface area (Å²) in [6.07, 6.45) is 4.33. The monoisotopic (exact) mass is 406 g/mol. The number of benzene rings is 1. The predicted molar refractivity (Wildman–Crippen MR) is 114 cm³/mol. The molecular formula is C22H27BN4O3. The van der Waals surface area contributed by atoms with Gasteiger partial charge in [0.1, 0.15) is 19.7 Å². The van der Waals surface area contributed by atoms with E-state index >= 15 is 0 Å². The number of H-pyrrole nitrogens is 1. The summed E-state index contributed by atoms with van der Waals surface area (Å²) in [5.74, 6) is 0.629. The topological polar surface area (TPSA) is 87.3 Å². The Morgan fingerprint density at radius 2 is 2.00 bits per heavy atom. The highest BCUT2D eigenvalue weighted by molar-refractivity contribution is 6.32. The van der Waals surface area contributed by atoms with E-state index in [-0.39, 0.29) is 23.3 Å². The molecule has 156 valence electrons. The Balaban J connectivity index is 1.59. The van der Waals surface area contributed by atoms with Crippen LogP contribution in [-0.4, -0.2) is 54.4 Å². The molecule has 1 saturated carbocycles. The highest BCUT2D eigenvalue weighted by atomic mass is 16.5. The molecule has 0 bridgehead atoms. The molecule has 2 fully saturated rings. The van der Waals surface area contributed by atoms with Crippen LogP contribution in [0.5, 0.6) is 0 Å². The Morgan fingerprint density at radius 3 is 2.60 bits per heavy atom. The molecule has 4 rings (SSSR count). The van der Waals surface area contributed by atoms with E-state index in [1.54, 1.807) is 6.20 Å². The van der Waals surface area contributed by atoms with Crippen molar-refractivity contribution in [1.82, 2.24) is 20.2 Å². The molecule has 0 unspecified atom stereocenters. The van der Waals surface area contributed by atoms with Gasteiger partial charge in [0, 0.05) is 6.54 Å². The van der Waals surface area contributed by atoms with E-state index in [9.17, 15) is 9.59 Å². The number of amides is 2. The van der Waals surface area contributed by atoms with Crippen LogP contribution in [0.25, 0.3) is 11.3 Å². The van der Waals surface area contributed by atoms with E-state index in [0.717, 1.165) is 36.3 Å². The van der Waals surface area contributed by atoms with Crippen LogP contribution in [0.15, 0.2) is 30.5 Å². The van der Waals surface area contributed by atoms with Crippen molar-refractivity contribution < 1.29 is 14.3 Å². The number of nitrogens with one attached hydrogen (secondary N) is 2. The molecule has 2 radical (unpaired) electrons. The van der Waals surface area contributed by atoms with Crippen LogP contribution in [0.2, 0.25) is 0 Å². The molecule has 1 spiro atoms. The van der Waals surface area contributed by atoms with Gasteiger partial charge in [-0.05, 0) is 36.2 Å². The minimum atomic E-state index is -0.639. The Labute approximate surface area is 178 Å². The van der Waals surface area contributed by atoms with Gasteiger partial charge in [0.25, 0.3) is 0 Å². The first-order valence-corrected chi connectivity index (χ1v) is 10.4. The third-order valence-corrected chi connectivity index (χ3v) is 6.27. The molecule has 7 nitrogen and oxygen atoms in total. The maximum atomic E-state index is 13.5. The quantitative estimate of drug-likeness (QED) is 0.747. The number of carbonyl (C=O) groups is 2. The number of methoxy groups -OCH3 is 1. The third-order valence-electron chi connectivity index (χ3n) is 6.27. The first-order valence-electron chi connectivity index (χ1n) is 10.4. The van der Waals surface area contributed by atoms with Gasteiger partial charge in [0.15, 0.2) is 0 Å². The van der Waals surface area contributed by atoms with Gasteiger partial charge in [-0.2, -0.15) is 0 Å². The summed E-state index contributed by atoms with van der Waals surface area (Å²) in [6.45, 7) is 4.53. The summed E-state index contributed by atoms with van der Waals surface area (Å²) in [7, 11) is 7.09. The normalized spacial score (nSPS) is 20.4. The molecule has 1 aliphatic carbocycles. The lowest BCUT2D eigenvalue weighted by atomic mass is 9.95. The fourth-order valence-electron chi connectivity index (χ4n) is 4.26. The summed E-state index contributed by atoms with van der Waals surface area (Å²) in [5, 5.41) is 2.70. The number of rotatable bonds is 5. The summed E-state index contributed by atoms with van der Waals surface area (Å²) >= 11 is 0. The molecular weight excluding hydrogens is 379 g/mol. The molecule has 2 aliphatic rings. The highest BCUT2D eigenvalue weighted by Crippen LogP contribution is 2.58. The first kappa shape index (κ1) is 20.5. The number of aromatic amines is 1. The number of nitrogens with zero attached hydrogens (tertiary/aromatic N) is 2. The van der Waals surface area contributed by atoms with Crippen molar-refractivity contribution >= 4 is 25.3 Å². The average molecular weight is 406 g/mol. The van der Waals surface area contributed by atoms with Crippen LogP contribution in [0.4, 0.5) is 4.79 Å². The number of hydrogen-bond donors (Lipinski definition) is 2. The molecule has 8 heteroatoms. The second-order valence-corrected chi connectivity index (χ2v) is 8.85. The van der Waals surface area contributed by atoms with Crippen molar-refractivity contribution in [3.8, 4) is 11.3 Å². The molecule has 2 N–H and O–H groups in total. The molecule has 2 atom stereocenters. The van der Waals surface area contributed by atoms with Gasteiger partial charge >= 0.3 is 6.09 Å². The molecule has 1 aliphatic heterocycles. The minimum absolute atomic E-state index is 0.0602. The molecule has 1 aromatic heterocycles. The lowest BCUT2D eigenvalue weighted by molar-refractivity contribution is -0.135. The molecule has 1 aromatic carbocycles. The Morgan fingerprint density at radius 1 is 1.30 bits per heavy atom. The van der Waals surface area contributed by atoms with E-state index in [1.165, 1.54) is 7.11 Å². The molecule has 2 heterocycles. The molecule has 1 saturated heterocycles. The average Bonchev–Trinajstić information content (AvgIpc) is 3.13. The van der Waals surface area contributed by atoms with Crippen molar-refractivity contribution in [3.05, 3.63) is 36.3 Å². The molecule has 2 amide bonds. The second-order valence-electron chi connectivity index (χ2n) is 8.85. The zero-order valence-corrected chi connectivity index (χ0v) is 17.6. The first-order chi connectivity index (χ1) is 14.3. The maximum absolute atomic E-state index is 13.5. The minimum Gasteiger partial charge on any atom is -0.453 e. The lowest BCUT2D eigenvalue weighted by Gasteiger charge is -2.30. The summed E-state index contributed by atoms with van der Waals surface area (Å²) < 4.78 is 4.72. The predicted octanol–water partition coefficient (Wildman–Crippen LogP) is 2.30. The molecule has 2 aromatic rings. The van der Waals surface area contributed by atoms with Gasteiger partial charge in [-0.3, -0.25) is 4.79 Å². The zero-order chi connectivity index (χ0) is 21.5. The smallest absolute Gasteiger partial charge is 0.407 e. The van der Waals surface area contributed by atoms with Crippen molar-refractivity contribution in [2.45, 2.75) is 45.2 Å². The van der Waals surface area contributed by atoms with Gasteiger partial charge in [-0.15, -0.1) is 0 Å². The maximum Gasteiger partial charge on any atom is 0.407 e. The largest absolute Gasteiger partial charge is 0.453 e. The van der Waals surface area contributed by atoms with Crippen LogP contribution in [-0.2, 0) is 9.53 Å². The van der Waals surface area contributed by atoms with E-state index in [1.807, 2.05) is 43.0 Å². The van der Waals surface area contributed by atoms with Crippen LogP contribution < -0.4 is 10.8 Å².